The van der Waals surface area contributed by atoms with Crippen molar-refractivity contribution < 1.29 is 18.0 Å². The molecule has 2 aromatic carbocycles. The predicted molar refractivity (Wildman–Crippen MR) is 82.6 cm³/mol. The zero-order chi connectivity index (χ0) is 16.3. The van der Waals surface area contributed by atoms with Crippen LogP contribution in [0.2, 0.25) is 5.02 Å². The lowest BCUT2D eigenvalue weighted by Crippen LogP contribution is -2.13. The molecule has 0 radical (unpaired) electrons. The van der Waals surface area contributed by atoms with Gasteiger partial charge in [0.25, 0.3) is 5.91 Å². The van der Waals surface area contributed by atoms with E-state index in [1.165, 1.54) is 23.9 Å². The number of thioether (sulfide) groups is 1. The smallest absolute Gasteiger partial charge is 0.322 e. The SMILES string of the molecule is CSc1ccc(Cl)c(C(=O)Nc2cccc(C(F)(F)F)c2)c1. The number of anilines is 1. The monoisotopic (exact) mass is 345 g/mol. The molecule has 0 fully saturated rings. The van der Waals surface area contributed by atoms with Crippen LogP contribution in [0.15, 0.2) is 47.4 Å². The van der Waals surface area contributed by atoms with Crippen LogP contribution in [-0.4, -0.2) is 12.2 Å². The number of halogens is 4. The van der Waals surface area contributed by atoms with Gasteiger partial charge in [-0.3, -0.25) is 4.79 Å². The van der Waals surface area contributed by atoms with E-state index in [4.69, 9.17) is 11.6 Å². The summed E-state index contributed by atoms with van der Waals surface area (Å²) < 4.78 is 38.0. The fourth-order valence-electron chi connectivity index (χ4n) is 1.78. The van der Waals surface area contributed by atoms with Crippen LogP contribution in [0.25, 0.3) is 0 Å². The van der Waals surface area contributed by atoms with Gasteiger partial charge in [-0.2, -0.15) is 13.2 Å². The van der Waals surface area contributed by atoms with E-state index in [1.54, 1.807) is 18.2 Å². The number of carbonyl (C=O) groups excluding carboxylic acids is 1. The zero-order valence-electron chi connectivity index (χ0n) is 11.4. The molecule has 0 atom stereocenters. The van der Waals surface area contributed by atoms with Gasteiger partial charge in [0, 0.05) is 10.6 Å². The lowest BCUT2D eigenvalue weighted by molar-refractivity contribution is -0.137. The second-order valence-electron chi connectivity index (χ2n) is 4.38. The molecule has 116 valence electrons. The fraction of sp³-hybridized carbons (Fsp3) is 0.133. The molecule has 1 amide bonds. The minimum Gasteiger partial charge on any atom is -0.322 e. The molecule has 0 saturated heterocycles. The van der Waals surface area contributed by atoms with Crippen molar-refractivity contribution in [1.29, 1.82) is 0 Å². The van der Waals surface area contributed by atoms with E-state index in [0.717, 1.165) is 17.0 Å². The first-order valence-corrected chi connectivity index (χ1v) is 7.73. The largest absolute Gasteiger partial charge is 0.416 e. The maximum absolute atomic E-state index is 12.7. The number of hydrogen-bond acceptors (Lipinski definition) is 2. The van der Waals surface area contributed by atoms with Gasteiger partial charge in [0.2, 0.25) is 0 Å². The molecule has 22 heavy (non-hydrogen) atoms. The highest BCUT2D eigenvalue weighted by atomic mass is 35.5. The average Bonchev–Trinajstić information content (AvgIpc) is 2.47. The van der Waals surface area contributed by atoms with E-state index < -0.39 is 17.6 Å². The van der Waals surface area contributed by atoms with Crippen LogP contribution in [-0.2, 0) is 6.18 Å². The van der Waals surface area contributed by atoms with Crippen LogP contribution in [0.3, 0.4) is 0 Å². The van der Waals surface area contributed by atoms with Crippen LogP contribution in [0.1, 0.15) is 15.9 Å². The van der Waals surface area contributed by atoms with Crippen molar-refractivity contribution in [1.82, 2.24) is 0 Å². The van der Waals surface area contributed by atoms with Crippen LogP contribution in [0.5, 0.6) is 0 Å². The lowest BCUT2D eigenvalue weighted by Gasteiger charge is -2.11. The normalized spacial score (nSPS) is 11.3. The molecule has 0 aromatic heterocycles. The third-order valence-corrected chi connectivity index (χ3v) is 3.92. The number of nitrogens with one attached hydrogen (secondary N) is 1. The van der Waals surface area contributed by atoms with Crippen LogP contribution in [0.4, 0.5) is 18.9 Å². The minimum absolute atomic E-state index is 0.0606. The number of alkyl halides is 3. The summed E-state index contributed by atoms with van der Waals surface area (Å²) in [4.78, 5) is 13.0. The molecule has 0 aliphatic rings. The standard InChI is InChI=1S/C15H11ClF3NOS/c1-22-11-5-6-13(16)12(8-11)14(21)20-10-4-2-3-9(7-10)15(17,18)19/h2-8H,1H3,(H,20,21). The molecular weight excluding hydrogens is 335 g/mol. The average molecular weight is 346 g/mol. The summed E-state index contributed by atoms with van der Waals surface area (Å²) in [5, 5.41) is 2.67. The van der Waals surface area contributed by atoms with Crippen molar-refractivity contribution in [3.63, 3.8) is 0 Å². The molecule has 2 nitrogen and oxygen atoms in total. The van der Waals surface area contributed by atoms with E-state index in [1.807, 2.05) is 6.26 Å². The molecule has 2 rings (SSSR count). The first-order valence-electron chi connectivity index (χ1n) is 6.13. The summed E-state index contributed by atoms with van der Waals surface area (Å²) in [5.41, 5.74) is -0.550. The van der Waals surface area contributed by atoms with Crippen molar-refractivity contribution >= 4 is 35.0 Å². The predicted octanol–water partition coefficient (Wildman–Crippen LogP) is 5.33. The molecule has 2 aromatic rings. The third-order valence-electron chi connectivity index (χ3n) is 2.87. The second-order valence-corrected chi connectivity index (χ2v) is 5.67. The van der Waals surface area contributed by atoms with E-state index in [-0.39, 0.29) is 16.3 Å². The molecule has 0 bridgehead atoms. The van der Waals surface area contributed by atoms with Crippen LogP contribution < -0.4 is 5.32 Å². The molecule has 7 heteroatoms. The van der Waals surface area contributed by atoms with Gasteiger partial charge in [-0.15, -0.1) is 11.8 Å². The summed E-state index contributed by atoms with van der Waals surface area (Å²) >= 11 is 7.40. The molecule has 0 aliphatic heterocycles. The van der Waals surface area contributed by atoms with Gasteiger partial charge in [-0.05, 0) is 42.7 Å². The first-order chi connectivity index (χ1) is 10.3. The Hall–Kier alpha value is -1.66. The van der Waals surface area contributed by atoms with E-state index >= 15 is 0 Å². The Balaban J connectivity index is 2.26. The van der Waals surface area contributed by atoms with Crippen molar-refractivity contribution in [2.75, 3.05) is 11.6 Å². The van der Waals surface area contributed by atoms with E-state index in [2.05, 4.69) is 5.32 Å². The molecule has 0 heterocycles. The van der Waals surface area contributed by atoms with Gasteiger partial charge in [0.1, 0.15) is 0 Å². The molecule has 0 unspecified atom stereocenters. The van der Waals surface area contributed by atoms with Crippen molar-refractivity contribution in [2.45, 2.75) is 11.1 Å². The van der Waals surface area contributed by atoms with Gasteiger partial charge < -0.3 is 5.32 Å². The maximum Gasteiger partial charge on any atom is 0.416 e. The fourth-order valence-corrected chi connectivity index (χ4v) is 2.42. The number of rotatable bonds is 3. The van der Waals surface area contributed by atoms with E-state index in [0.29, 0.717) is 0 Å². The second kappa shape index (κ2) is 6.62. The van der Waals surface area contributed by atoms with Crippen molar-refractivity contribution in [3.05, 3.63) is 58.6 Å². The number of hydrogen-bond donors (Lipinski definition) is 1. The van der Waals surface area contributed by atoms with Gasteiger partial charge in [0.05, 0.1) is 16.1 Å². The Labute approximate surface area is 134 Å². The third kappa shape index (κ3) is 3.96. The summed E-state index contributed by atoms with van der Waals surface area (Å²) in [5.74, 6) is -0.555. The Morgan fingerprint density at radius 3 is 2.55 bits per heavy atom. The van der Waals surface area contributed by atoms with Gasteiger partial charge >= 0.3 is 6.18 Å². The Morgan fingerprint density at radius 2 is 1.91 bits per heavy atom. The summed E-state index contributed by atoms with van der Waals surface area (Å²) in [6.07, 6.45) is -2.62. The Kier molecular flexibility index (Phi) is 5.03. The highest BCUT2D eigenvalue weighted by molar-refractivity contribution is 7.98. The highest BCUT2D eigenvalue weighted by Gasteiger charge is 2.30. The minimum atomic E-state index is -4.46. The van der Waals surface area contributed by atoms with Crippen LogP contribution >= 0.6 is 23.4 Å². The summed E-state index contributed by atoms with van der Waals surface area (Å²) in [7, 11) is 0. The summed E-state index contributed by atoms with van der Waals surface area (Å²) in [6.45, 7) is 0. The van der Waals surface area contributed by atoms with Crippen molar-refractivity contribution in [3.8, 4) is 0 Å². The quantitative estimate of drug-likeness (QED) is 0.761. The summed E-state index contributed by atoms with van der Waals surface area (Å²) in [6, 6.07) is 9.37. The zero-order valence-corrected chi connectivity index (χ0v) is 12.9. The molecule has 1 N–H and O–H groups in total. The van der Waals surface area contributed by atoms with Gasteiger partial charge in [-0.1, -0.05) is 17.7 Å². The first kappa shape index (κ1) is 16.7. The number of amides is 1. The lowest BCUT2D eigenvalue weighted by atomic mass is 10.1. The number of benzene rings is 2. The Morgan fingerprint density at radius 1 is 1.18 bits per heavy atom. The Bertz CT molecular complexity index is 703. The van der Waals surface area contributed by atoms with Gasteiger partial charge in [0.15, 0.2) is 0 Å². The number of carbonyl (C=O) groups is 1. The molecular formula is C15H11ClF3NOS. The van der Waals surface area contributed by atoms with E-state index in [9.17, 15) is 18.0 Å². The topological polar surface area (TPSA) is 29.1 Å². The molecule has 0 aliphatic carbocycles. The molecule has 0 saturated carbocycles. The maximum atomic E-state index is 12.7. The van der Waals surface area contributed by atoms with Crippen molar-refractivity contribution in [2.24, 2.45) is 0 Å². The molecule has 0 spiro atoms. The van der Waals surface area contributed by atoms with Crippen LogP contribution in [0, 0.1) is 0 Å². The van der Waals surface area contributed by atoms with Gasteiger partial charge in [-0.25, -0.2) is 0 Å². The highest BCUT2D eigenvalue weighted by Crippen LogP contribution is 2.31.